The van der Waals surface area contributed by atoms with Crippen LogP contribution in [-0.4, -0.2) is 35.1 Å². The number of amides is 1. The number of pyridine rings is 1. The normalized spacial score (nSPS) is 11.7. The Labute approximate surface area is 150 Å². The van der Waals surface area contributed by atoms with Crippen LogP contribution in [0.1, 0.15) is 15.9 Å². The quantitative estimate of drug-likeness (QED) is 0.713. The lowest BCUT2D eigenvalue weighted by Crippen LogP contribution is -2.42. The molecule has 1 aromatic heterocycles. The number of hydrogen-bond acceptors (Lipinski definition) is 4. The third kappa shape index (κ3) is 3.80. The first-order chi connectivity index (χ1) is 12.6. The summed E-state index contributed by atoms with van der Waals surface area (Å²) in [5, 5.41) is 12.9. The molecule has 0 fully saturated rings. The van der Waals surface area contributed by atoms with Crippen LogP contribution in [-0.2, 0) is 11.2 Å². The molecule has 0 aliphatic carbocycles. The van der Waals surface area contributed by atoms with Gasteiger partial charge < -0.3 is 15.2 Å². The van der Waals surface area contributed by atoms with Crippen LogP contribution < -0.4 is 10.1 Å². The van der Waals surface area contributed by atoms with Gasteiger partial charge in [0, 0.05) is 18.0 Å². The van der Waals surface area contributed by atoms with Crippen molar-refractivity contribution in [1.29, 1.82) is 0 Å². The van der Waals surface area contributed by atoms with Crippen LogP contribution in [0, 0.1) is 0 Å². The van der Waals surface area contributed by atoms with Crippen molar-refractivity contribution in [3.8, 4) is 5.75 Å². The highest BCUT2D eigenvalue weighted by Crippen LogP contribution is 2.19. The molecule has 0 aliphatic heterocycles. The number of carboxylic acid groups (broad SMARTS) is 1. The van der Waals surface area contributed by atoms with E-state index >= 15 is 0 Å². The number of nitrogens with zero attached hydrogens (tertiary/aromatic N) is 1. The summed E-state index contributed by atoms with van der Waals surface area (Å²) in [6.45, 7) is 0. The number of carbonyl (C=O) groups is 2. The second-order valence-corrected chi connectivity index (χ2v) is 5.80. The number of fused-ring (bicyclic) bond motifs is 1. The van der Waals surface area contributed by atoms with Gasteiger partial charge in [0.05, 0.1) is 18.2 Å². The average molecular weight is 350 g/mol. The van der Waals surface area contributed by atoms with Crippen LogP contribution in [0.25, 0.3) is 10.9 Å². The van der Waals surface area contributed by atoms with Gasteiger partial charge in [0.1, 0.15) is 11.8 Å². The van der Waals surface area contributed by atoms with Crippen molar-refractivity contribution in [2.75, 3.05) is 7.11 Å². The number of ether oxygens (including phenoxy) is 1. The van der Waals surface area contributed by atoms with Crippen molar-refractivity contribution in [2.45, 2.75) is 12.5 Å². The van der Waals surface area contributed by atoms with Gasteiger partial charge in [0.15, 0.2) is 0 Å². The third-order valence-electron chi connectivity index (χ3n) is 4.07. The fourth-order valence-corrected chi connectivity index (χ4v) is 2.73. The average Bonchev–Trinajstić information content (AvgIpc) is 2.67. The first-order valence-corrected chi connectivity index (χ1v) is 8.09. The van der Waals surface area contributed by atoms with E-state index in [0.29, 0.717) is 16.9 Å². The molecular formula is C20H18N2O4. The molecular weight excluding hydrogens is 332 g/mol. The third-order valence-corrected chi connectivity index (χ3v) is 4.07. The highest BCUT2D eigenvalue weighted by atomic mass is 16.5. The van der Waals surface area contributed by atoms with Crippen molar-refractivity contribution in [3.05, 3.63) is 71.9 Å². The molecule has 1 amide bonds. The molecule has 0 radical (unpaired) electrons. The zero-order valence-corrected chi connectivity index (χ0v) is 14.2. The van der Waals surface area contributed by atoms with Gasteiger partial charge in [-0.15, -0.1) is 0 Å². The number of aromatic nitrogens is 1. The largest absolute Gasteiger partial charge is 0.496 e. The van der Waals surface area contributed by atoms with Crippen LogP contribution in [0.15, 0.2) is 60.8 Å². The number of carbonyl (C=O) groups excluding carboxylic acids is 1. The molecule has 132 valence electrons. The number of carboxylic acids is 1. The summed E-state index contributed by atoms with van der Waals surface area (Å²) in [5.41, 5.74) is 1.79. The molecule has 2 N–H and O–H groups in total. The summed E-state index contributed by atoms with van der Waals surface area (Å²) in [6, 6.07) is 15.2. The molecule has 0 bridgehead atoms. The van der Waals surface area contributed by atoms with E-state index in [4.69, 9.17) is 4.74 Å². The standard InChI is InChI=1S/C20H18N2O4/c1-26-18-9-5-3-7-14(18)11-17(20(24)25)22-19(23)15-10-13-6-2-4-8-16(13)21-12-15/h2-10,12,17H,11H2,1H3,(H,22,23)(H,24,25)/t17-/m1/s1. The Bertz CT molecular complexity index is 955. The topological polar surface area (TPSA) is 88.5 Å². The number of para-hydroxylation sites is 2. The highest BCUT2D eigenvalue weighted by Gasteiger charge is 2.22. The van der Waals surface area contributed by atoms with E-state index in [-0.39, 0.29) is 6.42 Å². The SMILES string of the molecule is COc1ccccc1C[C@@H](NC(=O)c1cnc2ccccc2c1)C(=O)O. The number of hydrogen-bond donors (Lipinski definition) is 2. The van der Waals surface area contributed by atoms with E-state index in [1.807, 2.05) is 24.3 Å². The Morgan fingerprint density at radius 3 is 2.65 bits per heavy atom. The van der Waals surface area contributed by atoms with Gasteiger partial charge in [0.2, 0.25) is 0 Å². The van der Waals surface area contributed by atoms with Gasteiger partial charge >= 0.3 is 5.97 Å². The summed E-state index contributed by atoms with van der Waals surface area (Å²) in [5.74, 6) is -1.01. The zero-order valence-electron chi connectivity index (χ0n) is 14.2. The molecule has 0 saturated carbocycles. The minimum atomic E-state index is -1.11. The van der Waals surface area contributed by atoms with E-state index in [2.05, 4.69) is 10.3 Å². The molecule has 1 heterocycles. The van der Waals surface area contributed by atoms with Gasteiger partial charge in [-0.25, -0.2) is 4.79 Å². The first-order valence-electron chi connectivity index (χ1n) is 8.09. The second kappa shape index (κ2) is 7.65. The number of benzene rings is 2. The number of aliphatic carboxylic acids is 1. The van der Waals surface area contributed by atoms with E-state index in [9.17, 15) is 14.7 Å². The molecule has 0 saturated heterocycles. The van der Waals surface area contributed by atoms with Crippen LogP contribution >= 0.6 is 0 Å². The molecule has 0 unspecified atom stereocenters. The molecule has 6 heteroatoms. The fraction of sp³-hybridized carbons (Fsp3) is 0.150. The van der Waals surface area contributed by atoms with Crippen LogP contribution in [0.3, 0.4) is 0 Å². The maximum atomic E-state index is 12.5. The second-order valence-electron chi connectivity index (χ2n) is 5.80. The lowest BCUT2D eigenvalue weighted by Gasteiger charge is -2.16. The summed E-state index contributed by atoms with van der Waals surface area (Å²) in [6.07, 6.45) is 1.56. The lowest BCUT2D eigenvalue weighted by molar-refractivity contribution is -0.139. The molecule has 3 rings (SSSR count). The Morgan fingerprint density at radius 1 is 1.15 bits per heavy atom. The molecule has 0 spiro atoms. The smallest absolute Gasteiger partial charge is 0.326 e. The summed E-state index contributed by atoms with van der Waals surface area (Å²) in [4.78, 5) is 28.4. The monoisotopic (exact) mass is 350 g/mol. The summed E-state index contributed by atoms with van der Waals surface area (Å²) >= 11 is 0. The van der Waals surface area contributed by atoms with E-state index in [0.717, 1.165) is 10.9 Å². The zero-order chi connectivity index (χ0) is 18.5. The Hall–Kier alpha value is -3.41. The summed E-state index contributed by atoms with van der Waals surface area (Å²) in [7, 11) is 1.52. The molecule has 0 aliphatic rings. The predicted molar refractivity (Wildman–Crippen MR) is 97.3 cm³/mol. The van der Waals surface area contributed by atoms with Gasteiger partial charge in [0.25, 0.3) is 5.91 Å². The van der Waals surface area contributed by atoms with E-state index in [1.54, 1.807) is 30.3 Å². The fourth-order valence-electron chi connectivity index (χ4n) is 2.73. The molecule has 3 aromatic rings. The Balaban J connectivity index is 1.80. The molecule has 26 heavy (non-hydrogen) atoms. The predicted octanol–water partition coefficient (Wildman–Crippen LogP) is 2.67. The first kappa shape index (κ1) is 17.4. The van der Waals surface area contributed by atoms with Crippen molar-refractivity contribution in [2.24, 2.45) is 0 Å². The van der Waals surface area contributed by atoms with Gasteiger partial charge in [-0.1, -0.05) is 36.4 Å². The Kier molecular flexibility index (Phi) is 5.12. The van der Waals surface area contributed by atoms with Crippen molar-refractivity contribution < 1.29 is 19.4 Å². The molecule has 2 aromatic carbocycles. The van der Waals surface area contributed by atoms with E-state index in [1.165, 1.54) is 13.3 Å². The van der Waals surface area contributed by atoms with Gasteiger partial charge in [-0.05, 0) is 23.8 Å². The summed E-state index contributed by atoms with van der Waals surface area (Å²) < 4.78 is 5.25. The molecule has 6 nitrogen and oxygen atoms in total. The van der Waals surface area contributed by atoms with Crippen LogP contribution in [0.4, 0.5) is 0 Å². The maximum absolute atomic E-state index is 12.5. The van der Waals surface area contributed by atoms with E-state index < -0.39 is 17.9 Å². The van der Waals surface area contributed by atoms with Crippen molar-refractivity contribution >= 4 is 22.8 Å². The molecule has 1 atom stereocenters. The van der Waals surface area contributed by atoms with Gasteiger partial charge in [-0.2, -0.15) is 0 Å². The van der Waals surface area contributed by atoms with Crippen molar-refractivity contribution in [1.82, 2.24) is 10.3 Å². The maximum Gasteiger partial charge on any atom is 0.326 e. The highest BCUT2D eigenvalue weighted by molar-refractivity contribution is 5.99. The minimum Gasteiger partial charge on any atom is -0.496 e. The van der Waals surface area contributed by atoms with Crippen LogP contribution in [0.2, 0.25) is 0 Å². The number of methoxy groups -OCH3 is 1. The number of nitrogens with one attached hydrogen (secondary N) is 1. The lowest BCUT2D eigenvalue weighted by atomic mass is 10.0. The van der Waals surface area contributed by atoms with Crippen molar-refractivity contribution in [3.63, 3.8) is 0 Å². The Morgan fingerprint density at radius 2 is 1.88 bits per heavy atom. The van der Waals surface area contributed by atoms with Gasteiger partial charge in [-0.3, -0.25) is 9.78 Å². The van der Waals surface area contributed by atoms with Crippen LogP contribution in [0.5, 0.6) is 5.75 Å². The minimum absolute atomic E-state index is 0.117. The number of rotatable bonds is 6.